The van der Waals surface area contributed by atoms with Crippen LogP contribution in [0.2, 0.25) is 10.0 Å². The number of benzene rings is 3. The highest BCUT2D eigenvalue weighted by Crippen LogP contribution is 2.43. The van der Waals surface area contributed by atoms with E-state index in [-0.39, 0.29) is 29.0 Å². The zero-order chi connectivity index (χ0) is 28.6. The highest BCUT2D eigenvalue weighted by atomic mass is 79.9. The first-order valence-electron chi connectivity index (χ1n) is 12.0. The van der Waals surface area contributed by atoms with Crippen molar-refractivity contribution in [2.24, 2.45) is 5.10 Å². The van der Waals surface area contributed by atoms with Crippen LogP contribution < -0.4 is 15.0 Å². The smallest absolute Gasteiger partial charge is 0.344 e. The fourth-order valence-electron chi connectivity index (χ4n) is 3.93. The van der Waals surface area contributed by atoms with E-state index in [1.165, 1.54) is 13.1 Å². The van der Waals surface area contributed by atoms with E-state index in [1.807, 2.05) is 0 Å². The molecule has 0 saturated heterocycles. The average molecular weight is 645 g/mol. The van der Waals surface area contributed by atoms with Gasteiger partial charge in [0.05, 0.1) is 23.7 Å². The Hall–Kier alpha value is -3.86. The molecule has 0 aliphatic heterocycles. The topological polar surface area (TPSA) is 116 Å². The molecule has 0 spiro atoms. The number of para-hydroxylation sites is 1. The number of hydrogen-bond acceptors (Lipinski definition) is 7. The Labute approximate surface area is 245 Å². The molecule has 5 aromatic rings. The molecule has 40 heavy (non-hydrogen) atoms. The maximum Gasteiger partial charge on any atom is 0.344 e. The standard InChI is InChI=1S/C28H20BrCl2N3O6/c1-3-38-21-12-16(23(29)24(31)25(21)39-14(2)28(36)37)13-32-34-26(33-19-7-5-4-6-18(19)27(34)35)22-11-15-10-17(30)8-9-20(15)40-22/h4-14H,3H2,1-2H3,(H,36,37)/t14-/m0/s1. The predicted octanol–water partition coefficient (Wildman–Crippen LogP) is 7.01. The number of aliphatic carboxylic acids is 1. The lowest BCUT2D eigenvalue weighted by molar-refractivity contribution is -0.144. The highest BCUT2D eigenvalue weighted by molar-refractivity contribution is 9.10. The molecule has 0 fully saturated rings. The van der Waals surface area contributed by atoms with E-state index in [4.69, 9.17) is 37.1 Å². The Morgan fingerprint density at radius 2 is 2.00 bits per heavy atom. The average Bonchev–Trinajstić information content (AvgIpc) is 3.35. The zero-order valence-corrected chi connectivity index (χ0v) is 24.1. The van der Waals surface area contributed by atoms with Crippen LogP contribution in [0.3, 0.4) is 0 Å². The fraction of sp³-hybridized carbons (Fsp3) is 0.143. The Bertz CT molecular complexity index is 1870. The molecular weight excluding hydrogens is 625 g/mol. The first-order valence-corrected chi connectivity index (χ1v) is 13.5. The van der Waals surface area contributed by atoms with Gasteiger partial charge in [0.1, 0.15) is 10.6 Å². The number of hydrogen-bond donors (Lipinski definition) is 1. The molecule has 12 heteroatoms. The van der Waals surface area contributed by atoms with Gasteiger partial charge in [0.15, 0.2) is 23.4 Å². The minimum absolute atomic E-state index is 0.0635. The number of furan rings is 1. The third-order valence-electron chi connectivity index (χ3n) is 5.86. The number of nitrogens with zero attached hydrogens (tertiary/aromatic N) is 3. The molecule has 0 saturated carbocycles. The molecule has 0 aliphatic rings. The molecule has 0 bridgehead atoms. The minimum atomic E-state index is -1.17. The van der Waals surface area contributed by atoms with Crippen molar-refractivity contribution < 1.29 is 23.8 Å². The molecule has 1 atom stereocenters. The van der Waals surface area contributed by atoms with Gasteiger partial charge in [-0.25, -0.2) is 9.78 Å². The molecule has 0 aliphatic carbocycles. The van der Waals surface area contributed by atoms with Crippen LogP contribution in [0.15, 0.2) is 73.4 Å². The minimum Gasteiger partial charge on any atom is -0.490 e. The Morgan fingerprint density at radius 1 is 1.23 bits per heavy atom. The summed E-state index contributed by atoms with van der Waals surface area (Å²) in [5.41, 5.74) is 1.06. The first-order chi connectivity index (χ1) is 19.2. The maximum absolute atomic E-state index is 13.6. The van der Waals surface area contributed by atoms with E-state index < -0.39 is 17.6 Å². The number of carboxylic acids is 1. The van der Waals surface area contributed by atoms with Crippen LogP contribution in [-0.4, -0.2) is 39.7 Å². The van der Waals surface area contributed by atoms with Gasteiger partial charge in [0.25, 0.3) is 5.56 Å². The Balaban J connectivity index is 1.67. The van der Waals surface area contributed by atoms with Crippen LogP contribution in [0.1, 0.15) is 19.4 Å². The van der Waals surface area contributed by atoms with Crippen LogP contribution in [0.4, 0.5) is 0 Å². The van der Waals surface area contributed by atoms with Crippen molar-refractivity contribution in [2.45, 2.75) is 20.0 Å². The number of fused-ring (bicyclic) bond motifs is 2. The third-order valence-corrected chi connectivity index (χ3v) is 7.54. The van der Waals surface area contributed by atoms with Gasteiger partial charge in [0, 0.05) is 20.4 Å². The van der Waals surface area contributed by atoms with E-state index >= 15 is 0 Å². The van der Waals surface area contributed by atoms with E-state index in [0.717, 1.165) is 10.1 Å². The molecule has 2 heterocycles. The Morgan fingerprint density at radius 3 is 2.75 bits per heavy atom. The van der Waals surface area contributed by atoms with Crippen molar-refractivity contribution in [3.8, 4) is 23.1 Å². The van der Waals surface area contributed by atoms with Gasteiger partial charge in [0.2, 0.25) is 5.82 Å². The molecule has 5 rings (SSSR count). The summed E-state index contributed by atoms with van der Waals surface area (Å²) in [6, 6.07) is 15.4. The summed E-state index contributed by atoms with van der Waals surface area (Å²) in [4.78, 5) is 29.6. The fourth-order valence-corrected chi connectivity index (χ4v) is 4.76. The molecule has 204 valence electrons. The van der Waals surface area contributed by atoms with Gasteiger partial charge in [-0.15, -0.1) is 0 Å². The van der Waals surface area contributed by atoms with Gasteiger partial charge in [-0.05, 0) is 72.2 Å². The molecule has 3 aromatic carbocycles. The summed E-state index contributed by atoms with van der Waals surface area (Å²) in [7, 11) is 0. The maximum atomic E-state index is 13.6. The summed E-state index contributed by atoms with van der Waals surface area (Å²) in [5.74, 6) is -0.397. The zero-order valence-electron chi connectivity index (χ0n) is 21.0. The summed E-state index contributed by atoms with van der Waals surface area (Å²) in [6.07, 6.45) is 0.232. The molecule has 0 unspecified atom stereocenters. The third kappa shape index (κ3) is 5.30. The quantitative estimate of drug-likeness (QED) is 0.181. The molecule has 0 amide bonds. The van der Waals surface area contributed by atoms with Crippen LogP contribution in [0, 0.1) is 0 Å². The summed E-state index contributed by atoms with van der Waals surface area (Å²) in [5, 5.41) is 15.5. The number of rotatable bonds is 8. The molecule has 1 N–H and O–H groups in total. The number of aromatic nitrogens is 2. The lowest BCUT2D eigenvalue weighted by Gasteiger charge is -2.18. The van der Waals surface area contributed by atoms with Gasteiger partial charge in [-0.2, -0.15) is 9.78 Å². The van der Waals surface area contributed by atoms with Crippen LogP contribution >= 0.6 is 39.1 Å². The number of ether oxygens (including phenoxy) is 2. The monoisotopic (exact) mass is 643 g/mol. The highest BCUT2D eigenvalue weighted by Gasteiger charge is 2.23. The van der Waals surface area contributed by atoms with Crippen molar-refractivity contribution >= 4 is 73.2 Å². The van der Waals surface area contributed by atoms with Crippen LogP contribution in [-0.2, 0) is 4.79 Å². The second kappa shape index (κ2) is 11.3. The first kappa shape index (κ1) is 27.7. The van der Waals surface area contributed by atoms with Gasteiger partial charge in [-0.3, -0.25) is 4.79 Å². The summed E-state index contributed by atoms with van der Waals surface area (Å²) in [6.45, 7) is 3.41. The molecule has 2 aromatic heterocycles. The largest absolute Gasteiger partial charge is 0.490 e. The van der Waals surface area contributed by atoms with E-state index in [0.29, 0.717) is 37.3 Å². The number of carboxylic acid groups (broad SMARTS) is 1. The molecular formula is C28H20BrCl2N3O6. The Kier molecular flexibility index (Phi) is 7.84. The van der Waals surface area contributed by atoms with Crippen molar-refractivity contribution in [3.63, 3.8) is 0 Å². The van der Waals surface area contributed by atoms with E-state index in [1.54, 1.807) is 61.5 Å². The normalized spacial score (nSPS) is 12.3. The van der Waals surface area contributed by atoms with E-state index in [9.17, 15) is 14.7 Å². The molecule has 9 nitrogen and oxygen atoms in total. The van der Waals surface area contributed by atoms with Crippen molar-refractivity contribution in [2.75, 3.05) is 6.61 Å². The van der Waals surface area contributed by atoms with Crippen LogP contribution in [0.25, 0.3) is 33.5 Å². The number of halogens is 3. The second-order valence-electron chi connectivity index (χ2n) is 8.56. The second-order valence-corrected chi connectivity index (χ2v) is 10.2. The lowest BCUT2D eigenvalue weighted by Crippen LogP contribution is -2.23. The number of carbonyl (C=O) groups is 1. The van der Waals surface area contributed by atoms with Crippen LogP contribution in [0.5, 0.6) is 11.5 Å². The summed E-state index contributed by atoms with van der Waals surface area (Å²) >= 11 is 16.1. The SMILES string of the molecule is CCOc1cc(C=Nn2c(-c3cc4cc(Cl)ccc4o3)nc3ccccc3c2=O)c(Br)c(Cl)c1O[C@@H](C)C(=O)O. The lowest BCUT2D eigenvalue weighted by atomic mass is 10.2. The van der Waals surface area contributed by atoms with Gasteiger partial charge < -0.3 is 19.0 Å². The molecule has 0 radical (unpaired) electrons. The summed E-state index contributed by atoms with van der Waals surface area (Å²) < 4.78 is 18.7. The predicted molar refractivity (Wildman–Crippen MR) is 157 cm³/mol. The van der Waals surface area contributed by atoms with E-state index in [2.05, 4.69) is 26.0 Å². The van der Waals surface area contributed by atoms with Gasteiger partial charge >= 0.3 is 5.97 Å². The van der Waals surface area contributed by atoms with Gasteiger partial charge in [-0.1, -0.05) is 35.3 Å². The van der Waals surface area contributed by atoms with Crippen molar-refractivity contribution in [1.29, 1.82) is 0 Å². The van der Waals surface area contributed by atoms with Crippen molar-refractivity contribution in [3.05, 3.63) is 85.0 Å². The van der Waals surface area contributed by atoms with Crippen molar-refractivity contribution in [1.82, 2.24) is 9.66 Å².